The molecular weight excluding hydrogens is 216 g/mol. The predicted molar refractivity (Wildman–Crippen MR) is 68.3 cm³/mol. The Hall–Kier alpha value is -1.77. The van der Waals surface area contributed by atoms with Crippen molar-refractivity contribution in [3.05, 3.63) is 35.9 Å². The van der Waals surface area contributed by atoms with Crippen molar-refractivity contribution in [2.45, 2.75) is 32.8 Å². The molecule has 0 aromatic heterocycles. The third-order valence-electron chi connectivity index (χ3n) is 2.49. The zero-order chi connectivity index (χ0) is 13.0. The van der Waals surface area contributed by atoms with E-state index >= 15 is 0 Å². The van der Waals surface area contributed by atoms with Gasteiger partial charge in [-0.15, -0.1) is 0 Å². The summed E-state index contributed by atoms with van der Waals surface area (Å²) in [5, 5.41) is 8.96. The summed E-state index contributed by atoms with van der Waals surface area (Å²) in [5.41, 5.74) is 1.58. The summed E-state index contributed by atoms with van der Waals surface area (Å²) in [6, 6.07) is 5.39. The van der Waals surface area contributed by atoms with E-state index in [0.29, 0.717) is 0 Å². The molecule has 92 valence electrons. The van der Waals surface area contributed by atoms with E-state index in [1.807, 2.05) is 19.9 Å². The predicted octanol–water partition coefficient (Wildman–Crippen LogP) is 3.30. The second-order valence-corrected chi connectivity index (χ2v) is 4.23. The molecule has 0 amide bonds. The van der Waals surface area contributed by atoms with Crippen LogP contribution in [-0.4, -0.2) is 17.2 Å². The molecule has 1 rings (SSSR count). The molecular formula is C14H18O3. The highest BCUT2D eigenvalue weighted by Gasteiger charge is 2.15. The zero-order valence-corrected chi connectivity index (χ0v) is 10.4. The summed E-state index contributed by atoms with van der Waals surface area (Å²) in [6.45, 7) is 9.27. The molecule has 0 heterocycles. The van der Waals surface area contributed by atoms with Crippen LogP contribution < -0.4 is 4.74 Å². The maximum absolute atomic E-state index is 10.9. The average Bonchev–Trinajstić information content (AvgIpc) is 2.27. The lowest BCUT2D eigenvalue weighted by atomic mass is 9.98. The van der Waals surface area contributed by atoms with Crippen molar-refractivity contribution in [1.29, 1.82) is 0 Å². The van der Waals surface area contributed by atoms with Gasteiger partial charge in [-0.25, -0.2) is 0 Å². The summed E-state index contributed by atoms with van der Waals surface area (Å²) in [5.74, 6) is -0.629. The maximum atomic E-state index is 10.9. The minimum absolute atomic E-state index is 0.0800. The van der Waals surface area contributed by atoms with Gasteiger partial charge < -0.3 is 9.84 Å². The molecule has 0 fully saturated rings. The van der Waals surface area contributed by atoms with Crippen molar-refractivity contribution < 1.29 is 14.6 Å². The minimum Gasteiger partial charge on any atom is -0.490 e. The van der Waals surface area contributed by atoms with Crippen LogP contribution in [0.3, 0.4) is 0 Å². The summed E-state index contributed by atoms with van der Waals surface area (Å²) in [4.78, 5) is 10.9. The summed E-state index contributed by atoms with van der Waals surface area (Å²) >= 11 is 0. The van der Waals surface area contributed by atoms with Gasteiger partial charge in [0, 0.05) is 5.56 Å². The number of rotatable bonds is 5. The second-order valence-electron chi connectivity index (χ2n) is 4.23. The standard InChI is InChI=1S/C14H18O3/c1-5-11-8-12(10(4)14(15)16)6-7-13(11)17-9(2)3/h5-10H,1H2,2-4H3,(H,15,16). The Morgan fingerprint density at radius 2 is 2.06 bits per heavy atom. The van der Waals surface area contributed by atoms with Crippen molar-refractivity contribution in [1.82, 2.24) is 0 Å². The lowest BCUT2D eigenvalue weighted by Gasteiger charge is -2.15. The van der Waals surface area contributed by atoms with Crippen LogP contribution in [0.5, 0.6) is 5.75 Å². The van der Waals surface area contributed by atoms with Crippen molar-refractivity contribution in [2.75, 3.05) is 0 Å². The molecule has 1 aromatic carbocycles. The first kappa shape index (κ1) is 13.3. The lowest BCUT2D eigenvalue weighted by molar-refractivity contribution is -0.138. The first-order valence-corrected chi connectivity index (χ1v) is 5.61. The quantitative estimate of drug-likeness (QED) is 0.850. The third kappa shape index (κ3) is 3.34. The Morgan fingerprint density at radius 1 is 1.41 bits per heavy atom. The molecule has 1 unspecified atom stereocenters. The number of aliphatic carboxylic acids is 1. The number of carboxylic acid groups (broad SMARTS) is 1. The highest BCUT2D eigenvalue weighted by molar-refractivity contribution is 5.76. The normalized spacial score (nSPS) is 12.2. The monoisotopic (exact) mass is 234 g/mol. The molecule has 0 aliphatic heterocycles. The smallest absolute Gasteiger partial charge is 0.310 e. The van der Waals surface area contributed by atoms with Crippen LogP contribution >= 0.6 is 0 Å². The Balaban J connectivity index is 3.08. The van der Waals surface area contributed by atoms with E-state index in [1.165, 1.54) is 0 Å². The molecule has 1 atom stereocenters. The van der Waals surface area contributed by atoms with Gasteiger partial charge in [-0.3, -0.25) is 4.79 Å². The molecule has 3 nitrogen and oxygen atoms in total. The molecule has 1 N–H and O–H groups in total. The van der Waals surface area contributed by atoms with Gasteiger partial charge >= 0.3 is 5.97 Å². The van der Waals surface area contributed by atoms with E-state index in [4.69, 9.17) is 9.84 Å². The molecule has 0 radical (unpaired) electrons. The molecule has 0 saturated carbocycles. The molecule has 0 aliphatic rings. The fourth-order valence-corrected chi connectivity index (χ4v) is 1.50. The van der Waals surface area contributed by atoms with Crippen LogP contribution in [0.2, 0.25) is 0 Å². The molecule has 17 heavy (non-hydrogen) atoms. The van der Waals surface area contributed by atoms with Crippen LogP contribution in [0.4, 0.5) is 0 Å². The van der Waals surface area contributed by atoms with E-state index in [0.717, 1.165) is 16.9 Å². The van der Waals surface area contributed by atoms with Crippen LogP contribution in [0.1, 0.15) is 37.8 Å². The molecule has 0 saturated heterocycles. The number of benzene rings is 1. The SMILES string of the molecule is C=Cc1cc(C(C)C(=O)O)ccc1OC(C)C. The number of hydrogen-bond acceptors (Lipinski definition) is 2. The average molecular weight is 234 g/mol. The molecule has 0 aliphatic carbocycles. The van der Waals surface area contributed by atoms with Crippen LogP contribution in [0, 0.1) is 0 Å². The van der Waals surface area contributed by atoms with Gasteiger partial charge in [-0.2, -0.15) is 0 Å². The first-order chi connectivity index (χ1) is 7.95. The van der Waals surface area contributed by atoms with E-state index in [1.54, 1.807) is 25.1 Å². The Bertz CT molecular complexity index is 421. The summed E-state index contributed by atoms with van der Waals surface area (Å²) < 4.78 is 5.61. The van der Waals surface area contributed by atoms with Crippen molar-refractivity contribution in [3.8, 4) is 5.75 Å². The van der Waals surface area contributed by atoms with Gasteiger partial charge in [0.15, 0.2) is 0 Å². The minimum atomic E-state index is -0.836. The fourth-order valence-electron chi connectivity index (χ4n) is 1.50. The summed E-state index contributed by atoms with van der Waals surface area (Å²) in [6.07, 6.45) is 1.76. The van der Waals surface area contributed by atoms with Crippen LogP contribution in [0.15, 0.2) is 24.8 Å². The summed E-state index contributed by atoms with van der Waals surface area (Å²) in [7, 11) is 0. The van der Waals surface area contributed by atoms with Gasteiger partial charge in [0.25, 0.3) is 0 Å². The van der Waals surface area contributed by atoms with Crippen molar-refractivity contribution in [2.24, 2.45) is 0 Å². The van der Waals surface area contributed by atoms with Gasteiger partial charge in [0.1, 0.15) is 5.75 Å². The highest BCUT2D eigenvalue weighted by Crippen LogP contribution is 2.26. The van der Waals surface area contributed by atoms with Crippen LogP contribution in [0.25, 0.3) is 6.08 Å². The number of ether oxygens (including phenoxy) is 1. The second kappa shape index (κ2) is 5.53. The molecule has 0 spiro atoms. The number of carbonyl (C=O) groups is 1. The maximum Gasteiger partial charge on any atom is 0.310 e. The highest BCUT2D eigenvalue weighted by atomic mass is 16.5. The Morgan fingerprint density at radius 3 is 2.53 bits per heavy atom. The van der Waals surface area contributed by atoms with E-state index < -0.39 is 11.9 Å². The molecule has 3 heteroatoms. The van der Waals surface area contributed by atoms with Gasteiger partial charge in [0.05, 0.1) is 12.0 Å². The number of hydrogen-bond donors (Lipinski definition) is 1. The van der Waals surface area contributed by atoms with E-state index in [-0.39, 0.29) is 6.10 Å². The zero-order valence-electron chi connectivity index (χ0n) is 10.4. The van der Waals surface area contributed by atoms with Gasteiger partial charge in [-0.05, 0) is 38.5 Å². The lowest BCUT2D eigenvalue weighted by Crippen LogP contribution is -2.09. The van der Waals surface area contributed by atoms with E-state index in [9.17, 15) is 4.79 Å². The fraction of sp³-hybridized carbons (Fsp3) is 0.357. The molecule has 1 aromatic rings. The third-order valence-corrected chi connectivity index (χ3v) is 2.49. The largest absolute Gasteiger partial charge is 0.490 e. The number of carboxylic acids is 1. The Labute approximate surface area is 102 Å². The van der Waals surface area contributed by atoms with Crippen molar-refractivity contribution >= 4 is 12.0 Å². The molecule has 0 bridgehead atoms. The van der Waals surface area contributed by atoms with Gasteiger partial charge in [0.2, 0.25) is 0 Å². The van der Waals surface area contributed by atoms with Crippen molar-refractivity contribution in [3.63, 3.8) is 0 Å². The van der Waals surface area contributed by atoms with Crippen LogP contribution in [-0.2, 0) is 4.79 Å². The van der Waals surface area contributed by atoms with E-state index in [2.05, 4.69) is 6.58 Å². The first-order valence-electron chi connectivity index (χ1n) is 5.61. The topological polar surface area (TPSA) is 46.5 Å². The Kier molecular flexibility index (Phi) is 4.32. The van der Waals surface area contributed by atoms with Gasteiger partial charge in [-0.1, -0.05) is 18.7 Å².